The number of hydrogen-bond acceptors (Lipinski definition) is 1. The SMILES string of the molecule is CC1CCC(CC2(CCl)CCCCC2)O1. The van der Waals surface area contributed by atoms with E-state index in [4.69, 9.17) is 16.3 Å². The van der Waals surface area contributed by atoms with Gasteiger partial charge in [0.25, 0.3) is 0 Å². The van der Waals surface area contributed by atoms with Gasteiger partial charge in [0.15, 0.2) is 0 Å². The highest BCUT2D eigenvalue weighted by Crippen LogP contribution is 2.43. The Morgan fingerprint density at radius 3 is 2.47 bits per heavy atom. The molecule has 1 saturated carbocycles. The first-order valence-electron chi connectivity index (χ1n) is 6.45. The summed E-state index contributed by atoms with van der Waals surface area (Å²) in [7, 11) is 0. The van der Waals surface area contributed by atoms with Crippen molar-refractivity contribution < 1.29 is 4.74 Å². The van der Waals surface area contributed by atoms with Crippen LogP contribution >= 0.6 is 11.6 Å². The Kier molecular flexibility index (Phi) is 3.95. The predicted molar refractivity (Wildman–Crippen MR) is 64.4 cm³/mol. The second kappa shape index (κ2) is 5.05. The van der Waals surface area contributed by atoms with Gasteiger partial charge in [-0.2, -0.15) is 0 Å². The summed E-state index contributed by atoms with van der Waals surface area (Å²) in [6.45, 7) is 2.19. The third-order valence-corrected chi connectivity index (χ3v) is 4.75. The van der Waals surface area contributed by atoms with Crippen LogP contribution in [0.2, 0.25) is 0 Å². The maximum atomic E-state index is 6.20. The lowest BCUT2D eigenvalue weighted by Gasteiger charge is -2.37. The van der Waals surface area contributed by atoms with Gasteiger partial charge in [-0.25, -0.2) is 0 Å². The van der Waals surface area contributed by atoms with E-state index >= 15 is 0 Å². The highest BCUT2D eigenvalue weighted by atomic mass is 35.5. The van der Waals surface area contributed by atoms with E-state index < -0.39 is 0 Å². The summed E-state index contributed by atoms with van der Waals surface area (Å²) in [5, 5.41) is 0. The molecule has 0 bridgehead atoms. The monoisotopic (exact) mass is 230 g/mol. The summed E-state index contributed by atoms with van der Waals surface area (Å²) in [6.07, 6.45) is 11.5. The predicted octanol–water partition coefficient (Wildman–Crippen LogP) is 4.13. The molecule has 0 aromatic rings. The second-order valence-corrected chi connectivity index (χ2v) is 5.81. The number of ether oxygens (including phenoxy) is 1. The Morgan fingerprint density at radius 2 is 1.93 bits per heavy atom. The summed E-state index contributed by atoms with van der Waals surface area (Å²) >= 11 is 6.20. The first kappa shape index (κ1) is 11.7. The van der Waals surface area contributed by atoms with Crippen LogP contribution in [-0.4, -0.2) is 18.1 Å². The van der Waals surface area contributed by atoms with Gasteiger partial charge in [-0.3, -0.25) is 0 Å². The molecular formula is C13H23ClO. The molecule has 15 heavy (non-hydrogen) atoms. The van der Waals surface area contributed by atoms with Gasteiger partial charge in [0.05, 0.1) is 12.2 Å². The van der Waals surface area contributed by atoms with Crippen molar-refractivity contribution in [2.75, 3.05) is 5.88 Å². The molecule has 1 saturated heterocycles. The fourth-order valence-electron chi connectivity index (χ4n) is 3.21. The molecule has 1 aliphatic carbocycles. The Bertz CT molecular complexity index is 199. The van der Waals surface area contributed by atoms with Crippen LogP contribution in [0.15, 0.2) is 0 Å². The molecule has 1 heterocycles. The maximum Gasteiger partial charge on any atom is 0.0585 e. The minimum Gasteiger partial charge on any atom is -0.375 e. The van der Waals surface area contributed by atoms with Gasteiger partial charge in [0.1, 0.15) is 0 Å². The van der Waals surface area contributed by atoms with Gasteiger partial charge < -0.3 is 4.74 Å². The van der Waals surface area contributed by atoms with Gasteiger partial charge >= 0.3 is 0 Å². The molecule has 0 spiro atoms. The topological polar surface area (TPSA) is 9.23 Å². The van der Waals surface area contributed by atoms with Crippen LogP contribution < -0.4 is 0 Å². The molecule has 1 aliphatic heterocycles. The molecule has 88 valence electrons. The zero-order valence-electron chi connectivity index (χ0n) is 9.80. The van der Waals surface area contributed by atoms with E-state index in [1.165, 1.54) is 51.4 Å². The molecule has 0 aromatic heterocycles. The van der Waals surface area contributed by atoms with Gasteiger partial charge in [-0.1, -0.05) is 19.3 Å². The van der Waals surface area contributed by atoms with Crippen molar-refractivity contribution in [1.29, 1.82) is 0 Å². The van der Waals surface area contributed by atoms with E-state index in [9.17, 15) is 0 Å². The Labute approximate surface area is 98.5 Å². The molecule has 2 atom stereocenters. The molecule has 1 nitrogen and oxygen atoms in total. The van der Waals surface area contributed by atoms with E-state index in [1.54, 1.807) is 0 Å². The molecule has 0 amide bonds. The molecule has 2 heteroatoms. The normalized spacial score (nSPS) is 35.6. The summed E-state index contributed by atoms with van der Waals surface area (Å²) in [5.74, 6) is 0.835. The third-order valence-electron chi connectivity index (χ3n) is 4.18. The average Bonchev–Trinajstić information content (AvgIpc) is 2.65. The lowest BCUT2D eigenvalue weighted by molar-refractivity contribution is 0.0171. The van der Waals surface area contributed by atoms with Crippen molar-refractivity contribution in [1.82, 2.24) is 0 Å². The second-order valence-electron chi connectivity index (χ2n) is 5.54. The summed E-state index contributed by atoms with van der Waals surface area (Å²) in [6, 6.07) is 0. The minimum absolute atomic E-state index is 0.411. The van der Waals surface area contributed by atoms with Crippen molar-refractivity contribution in [3.63, 3.8) is 0 Å². The molecule has 2 fully saturated rings. The van der Waals surface area contributed by atoms with Crippen LogP contribution in [-0.2, 0) is 4.74 Å². The molecule has 0 aromatic carbocycles. The van der Waals surface area contributed by atoms with Crippen LogP contribution in [0.25, 0.3) is 0 Å². The molecule has 2 unspecified atom stereocenters. The lowest BCUT2D eigenvalue weighted by atomic mass is 9.72. The average molecular weight is 231 g/mol. The smallest absolute Gasteiger partial charge is 0.0585 e. The van der Waals surface area contributed by atoms with E-state index in [2.05, 4.69) is 6.92 Å². The standard InChI is InChI=1S/C13H23ClO/c1-11-5-6-12(15-11)9-13(10-14)7-3-2-4-8-13/h11-12H,2-10H2,1H3. The highest BCUT2D eigenvalue weighted by Gasteiger charge is 2.36. The van der Waals surface area contributed by atoms with Gasteiger partial charge in [-0.15, -0.1) is 11.6 Å². The summed E-state index contributed by atoms with van der Waals surface area (Å²) in [5.41, 5.74) is 0.411. The van der Waals surface area contributed by atoms with Crippen LogP contribution in [0.3, 0.4) is 0 Å². The summed E-state index contributed by atoms with van der Waals surface area (Å²) in [4.78, 5) is 0. The first-order chi connectivity index (χ1) is 7.24. The molecule has 0 radical (unpaired) electrons. The minimum atomic E-state index is 0.411. The Hall–Kier alpha value is 0.250. The Morgan fingerprint density at radius 1 is 1.20 bits per heavy atom. The van der Waals surface area contributed by atoms with Gasteiger partial charge in [0.2, 0.25) is 0 Å². The Balaban J connectivity index is 1.89. The molecular weight excluding hydrogens is 208 g/mol. The third kappa shape index (κ3) is 2.88. The fraction of sp³-hybridized carbons (Fsp3) is 1.00. The van der Waals surface area contributed by atoms with Crippen LogP contribution in [0, 0.1) is 5.41 Å². The first-order valence-corrected chi connectivity index (χ1v) is 6.99. The van der Waals surface area contributed by atoms with Crippen LogP contribution in [0.4, 0.5) is 0 Å². The van der Waals surface area contributed by atoms with Crippen molar-refractivity contribution in [2.24, 2.45) is 5.41 Å². The van der Waals surface area contributed by atoms with Crippen molar-refractivity contribution in [3.05, 3.63) is 0 Å². The highest BCUT2D eigenvalue weighted by molar-refractivity contribution is 6.18. The summed E-state index contributed by atoms with van der Waals surface area (Å²) < 4.78 is 5.93. The largest absolute Gasteiger partial charge is 0.375 e. The zero-order chi connectivity index (χ0) is 10.7. The molecule has 2 rings (SSSR count). The van der Waals surface area contributed by atoms with E-state index in [0.29, 0.717) is 17.6 Å². The van der Waals surface area contributed by atoms with Crippen molar-refractivity contribution in [3.8, 4) is 0 Å². The number of hydrogen-bond donors (Lipinski definition) is 0. The van der Waals surface area contributed by atoms with Gasteiger partial charge in [0, 0.05) is 5.88 Å². The number of alkyl halides is 1. The quantitative estimate of drug-likeness (QED) is 0.663. The van der Waals surface area contributed by atoms with Crippen LogP contribution in [0.5, 0.6) is 0 Å². The molecule has 0 N–H and O–H groups in total. The van der Waals surface area contributed by atoms with E-state index in [0.717, 1.165) is 5.88 Å². The van der Waals surface area contributed by atoms with Crippen molar-refractivity contribution in [2.45, 2.75) is 70.5 Å². The van der Waals surface area contributed by atoms with Crippen LogP contribution in [0.1, 0.15) is 58.3 Å². The zero-order valence-corrected chi connectivity index (χ0v) is 10.6. The maximum absolute atomic E-state index is 6.20. The van der Waals surface area contributed by atoms with E-state index in [-0.39, 0.29) is 0 Å². The molecule has 2 aliphatic rings. The van der Waals surface area contributed by atoms with Gasteiger partial charge in [-0.05, 0) is 44.4 Å². The van der Waals surface area contributed by atoms with Crippen molar-refractivity contribution >= 4 is 11.6 Å². The fourth-order valence-corrected chi connectivity index (χ4v) is 3.59. The number of halogens is 1. The number of rotatable bonds is 3. The van der Waals surface area contributed by atoms with E-state index in [1.807, 2.05) is 0 Å². The lowest BCUT2D eigenvalue weighted by Crippen LogP contribution is -2.31.